The lowest BCUT2D eigenvalue weighted by Crippen LogP contribution is -2.47. The van der Waals surface area contributed by atoms with Gasteiger partial charge in [0.25, 0.3) is 0 Å². The number of hydrogen-bond acceptors (Lipinski definition) is 6. The maximum Gasteiger partial charge on any atom is 0.107 e. The Morgan fingerprint density at radius 1 is 1.36 bits per heavy atom. The summed E-state index contributed by atoms with van der Waals surface area (Å²) in [4.78, 5) is 6.90. The standard InChI is InChI=1S/C15H18ClN5S/c16-14-11(12-7-22-13(5-17)19-12)4-1-9-6-20(18)8-21(15(9)14)10-2-3-10/h1,4,7,10H,2-3,5-6,8,17-18H2. The molecule has 2 heterocycles. The minimum absolute atomic E-state index is 0.462. The molecule has 116 valence electrons. The second kappa shape index (κ2) is 5.47. The van der Waals surface area contributed by atoms with Crippen molar-refractivity contribution in [2.75, 3.05) is 11.6 Å². The number of nitrogens with two attached hydrogens (primary N) is 2. The van der Waals surface area contributed by atoms with Crippen LogP contribution in [0.3, 0.4) is 0 Å². The first kappa shape index (κ1) is 14.4. The van der Waals surface area contributed by atoms with E-state index in [0.29, 0.717) is 12.6 Å². The lowest BCUT2D eigenvalue weighted by atomic mass is 10.0. The molecule has 0 amide bonds. The number of nitrogens with zero attached hydrogens (tertiary/aromatic N) is 3. The highest BCUT2D eigenvalue weighted by Gasteiger charge is 2.35. The van der Waals surface area contributed by atoms with Crippen LogP contribution in [0.4, 0.5) is 5.69 Å². The van der Waals surface area contributed by atoms with Crippen molar-refractivity contribution in [1.29, 1.82) is 0 Å². The molecule has 4 N–H and O–H groups in total. The molecular weight excluding hydrogens is 318 g/mol. The molecule has 0 spiro atoms. The zero-order valence-electron chi connectivity index (χ0n) is 12.1. The first-order valence-electron chi connectivity index (χ1n) is 7.40. The lowest BCUT2D eigenvalue weighted by molar-refractivity contribution is 0.259. The van der Waals surface area contributed by atoms with Crippen molar-refractivity contribution in [2.24, 2.45) is 11.6 Å². The second-order valence-electron chi connectivity index (χ2n) is 5.85. The third-order valence-electron chi connectivity index (χ3n) is 4.18. The molecule has 5 nitrogen and oxygen atoms in total. The van der Waals surface area contributed by atoms with E-state index in [4.69, 9.17) is 23.2 Å². The van der Waals surface area contributed by atoms with E-state index >= 15 is 0 Å². The van der Waals surface area contributed by atoms with Gasteiger partial charge in [0.2, 0.25) is 0 Å². The number of hydrogen-bond donors (Lipinski definition) is 2. The fourth-order valence-corrected chi connectivity index (χ4v) is 4.05. The summed E-state index contributed by atoms with van der Waals surface area (Å²) in [6.07, 6.45) is 2.42. The molecule has 1 aromatic carbocycles. The number of halogens is 1. The van der Waals surface area contributed by atoms with Crippen LogP contribution in [0.2, 0.25) is 5.02 Å². The monoisotopic (exact) mass is 335 g/mol. The van der Waals surface area contributed by atoms with E-state index < -0.39 is 0 Å². The molecule has 22 heavy (non-hydrogen) atoms. The predicted molar refractivity (Wildman–Crippen MR) is 90.5 cm³/mol. The van der Waals surface area contributed by atoms with Crippen molar-refractivity contribution >= 4 is 28.6 Å². The summed E-state index contributed by atoms with van der Waals surface area (Å²) in [5.41, 5.74) is 9.86. The van der Waals surface area contributed by atoms with Crippen LogP contribution in [-0.2, 0) is 13.1 Å². The Morgan fingerprint density at radius 2 is 2.18 bits per heavy atom. The molecule has 4 rings (SSSR count). The quantitative estimate of drug-likeness (QED) is 0.843. The van der Waals surface area contributed by atoms with Crippen molar-refractivity contribution in [2.45, 2.75) is 32.0 Å². The molecule has 0 unspecified atom stereocenters. The number of thiazole rings is 1. The van der Waals surface area contributed by atoms with Crippen LogP contribution in [0.15, 0.2) is 17.5 Å². The lowest BCUT2D eigenvalue weighted by Gasteiger charge is -2.37. The number of aromatic nitrogens is 1. The highest BCUT2D eigenvalue weighted by Crippen LogP contribution is 2.44. The Kier molecular flexibility index (Phi) is 3.58. The Morgan fingerprint density at radius 3 is 2.86 bits per heavy atom. The van der Waals surface area contributed by atoms with E-state index in [1.165, 1.54) is 18.4 Å². The van der Waals surface area contributed by atoms with E-state index in [-0.39, 0.29) is 0 Å². The van der Waals surface area contributed by atoms with E-state index in [0.717, 1.165) is 40.2 Å². The van der Waals surface area contributed by atoms with Gasteiger partial charge in [0.15, 0.2) is 0 Å². The van der Waals surface area contributed by atoms with Gasteiger partial charge >= 0.3 is 0 Å². The predicted octanol–water partition coefficient (Wildman–Crippen LogP) is 2.54. The van der Waals surface area contributed by atoms with E-state index in [9.17, 15) is 0 Å². The first-order chi connectivity index (χ1) is 10.7. The van der Waals surface area contributed by atoms with E-state index in [1.54, 1.807) is 11.3 Å². The van der Waals surface area contributed by atoms with E-state index in [2.05, 4.69) is 16.0 Å². The average Bonchev–Trinajstić information content (AvgIpc) is 3.25. The van der Waals surface area contributed by atoms with Crippen molar-refractivity contribution in [3.8, 4) is 11.3 Å². The zero-order valence-corrected chi connectivity index (χ0v) is 13.7. The largest absolute Gasteiger partial charge is 0.353 e. The van der Waals surface area contributed by atoms with Gasteiger partial charge in [-0.3, -0.25) is 5.84 Å². The second-order valence-corrected chi connectivity index (χ2v) is 7.18. The van der Waals surface area contributed by atoms with Crippen LogP contribution in [0, 0.1) is 0 Å². The number of hydrazine groups is 1. The molecule has 1 fully saturated rings. The summed E-state index contributed by atoms with van der Waals surface area (Å²) < 4.78 is 0. The Bertz CT molecular complexity index is 712. The number of rotatable bonds is 3. The van der Waals surface area contributed by atoms with Crippen LogP contribution in [0.1, 0.15) is 23.4 Å². The summed E-state index contributed by atoms with van der Waals surface area (Å²) in [6, 6.07) is 4.72. The maximum absolute atomic E-state index is 6.76. The summed E-state index contributed by atoms with van der Waals surface area (Å²) in [7, 11) is 0. The third kappa shape index (κ3) is 2.41. The zero-order chi connectivity index (χ0) is 15.3. The highest BCUT2D eigenvalue weighted by molar-refractivity contribution is 7.09. The molecule has 1 aliphatic carbocycles. The van der Waals surface area contributed by atoms with Gasteiger partial charge in [-0.1, -0.05) is 23.7 Å². The molecule has 2 aromatic rings. The van der Waals surface area contributed by atoms with Gasteiger partial charge in [-0.25, -0.2) is 9.99 Å². The smallest absolute Gasteiger partial charge is 0.107 e. The Labute approximate surface area is 138 Å². The molecule has 1 saturated carbocycles. The molecule has 1 aliphatic heterocycles. The van der Waals surface area contributed by atoms with Crippen molar-refractivity contribution in [1.82, 2.24) is 9.99 Å². The van der Waals surface area contributed by atoms with Crippen molar-refractivity contribution in [3.05, 3.63) is 33.1 Å². The average molecular weight is 336 g/mol. The fourth-order valence-electron chi connectivity index (χ4n) is 2.99. The molecule has 0 bridgehead atoms. The number of anilines is 1. The van der Waals surface area contributed by atoms with Crippen LogP contribution >= 0.6 is 22.9 Å². The van der Waals surface area contributed by atoms with Gasteiger partial charge in [0.1, 0.15) is 5.01 Å². The van der Waals surface area contributed by atoms with Crippen LogP contribution in [0.25, 0.3) is 11.3 Å². The van der Waals surface area contributed by atoms with Crippen LogP contribution in [-0.4, -0.2) is 22.7 Å². The fraction of sp³-hybridized carbons (Fsp3) is 0.400. The third-order valence-corrected chi connectivity index (χ3v) is 5.44. The minimum atomic E-state index is 0.462. The molecule has 2 aliphatic rings. The van der Waals surface area contributed by atoms with Crippen molar-refractivity contribution in [3.63, 3.8) is 0 Å². The van der Waals surface area contributed by atoms with Gasteiger partial charge < -0.3 is 10.6 Å². The summed E-state index contributed by atoms with van der Waals surface area (Å²) >= 11 is 8.33. The highest BCUT2D eigenvalue weighted by atomic mass is 35.5. The minimum Gasteiger partial charge on any atom is -0.353 e. The summed E-state index contributed by atoms with van der Waals surface area (Å²) in [6.45, 7) is 1.92. The number of fused-ring (bicyclic) bond motifs is 1. The van der Waals surface area contributed by atoms with Crippen LogP contribution in [0.5, 0.6) is 0 Å². The molecule has 0 radical (unpaired) electrons. The van der Waals surface area contributed by atoms with Gasteiger partial charge in [-0.15, -0.1) is 11.3 Å². The molecule has 0 atom stereocenters. The molecule has 7 heteroatoms. The number of benzene rings is 1. The summed E-state index contributed by atoms with van der Waals surface area (Å²) in [5.74, 6) is 6.05. The van der Waals surface area contributed by atoms with E-state index in [1.807, 2.05) is 16.5 Å². The van der Waals surface area contributed by atoms with Gasteiger partial charge in [-0.05, 0) is 18.4 Å². The Hall–Kier alpha value is -1.18. The van der Waals surface area contributed by atoms with Crippen molar-refractivity contribution < 1.29 is 0 Å². The normalized spacial score (nSPS) is 18.6. The topological polar surface area (TPSA) is 71.4 Å². The molecule has 1 aromatic heterocycles. The van der Waals surface area contributed by atoms with Gasteiger partial charge in [0, 0.05) is 30.1 Å². The maximum atomic E-state index is 6.76. The van der Waals surface area contributed by atoms with Gasteiger partial charge in [-0.2, -0.15) is 0 Å². The first-order valence-corrected chi connectivity index (χ1v) is 8.65. The van der Waals surface area contributed by atoms with Crippen LogP contribution < -0.4 is 16.5 Å². The molecular formula is C15H18ClN5S. The molecule has 0 saturated heterocycles. The summed E-state index contributed by atoms with van der Waals surface area (Å²) in [5, 5.41) is 5.57. The SMILES string of the molecule is NCc1nc(-c2ccc3c(c2Cl)N(C2CC2)CN(N)C3)cs1. The Balaban J connectivity index is 1.81. The van der Waals surface area contributed by atoms with Gasteiger partial charge in [0.05, 0.1) is 23.1 Å².